The van der Waals surface area contributed by atoms with E-state index in [0.717, 1.165) is 96.3 Å². The van der Waals surface area contributed by atoms with Crippen LogP contribution in [0.2, 0.25) is 0 Å². The lowest BCUT2D eigenvalue weighted by Crippen LogP contribution is -2.30. The van der Waals surface area contributed by atoms with Gasteiger partial charge in [-0.15, -0.1) is 0 Å². The quantitative estimate of drug-likeness (QED) is 0.0261. The van der Waals surface area contributed by atoms with Crippen molar-refractivity contribution in [2.75, 3.05) is 13.2 Å². The molecule has 6 nitrogen and oxygen atoms in total. The van der Waals surface area contributed by atoms with Gasteiger partial charge in [-0.1, -0.05) is 311 Å². The number of unbranched alkanes of at least 4 members (excludes halogenated alkanes) is 38. The Bertz CT molecular complexity index is 1610. The maximum Gasteiger partial charge on any atom is 0.306 e. The fraction of sp³-hybridized carbons (Fsp3) is 0.753. The third-order valence-corrected chi connectivity index (χ3v) is 15.5. The van der Waals surface area contributed by atoms with Crippen molar-refractivity contribution in [3.8, 4) is 0 Å². The number of allylic oxidation sites excluding steroid dienone is 16. The molecule has 0 N–H and O–H groups in total. The zero-order valence-electron chi connectivity index (χ0n) is 54.9. The van der Waals surface area contributed by atoms with E-state index in [-0.39, 0.29) is 31.1 Å². The van der Waals surface area contributed by atoms with Gasteiger partial charge in [-0.05, 0) is 122 Å². The highest BCUT2D eigenvalue weighted by molar-refractivity contribution is 5.71. The SMILES string of the molecule is CC/C=C\C/C=C\C/C=C\C/C=C\CCCCC(=O)OCC(COC(=O)CCCCCCCCCCCCCCCCCCCCC/C=C\C/C=C\CCCCCCC)OC(=O)CCCCCCCCCCC/C=C\C/C=C\CCCCC. The van der Waals surface area contributed by atoms with Gasteiger partial charge in [0.05, 0.1) is 0 Å². The van der Waals surface area contributed by atoms with E-state index in [4.69, 9.17) is 14.2 Å². The molecule has 0 fully saturated rings. The molecule has 1 unspecified atom stereocenters. The Kier molecular flexibility index (Phi) is 67.7. The standard InChI is InChI=1S/C77H134O6/c1-4-7-10-13-16-19-22-25-28-30-32-33-34-35-36-37-38-39-40-41-42-43-45-46-49-52-55-58-61-64-67-70-76(79)82-73-74(72-81-75(78)69-66-63-60-57-54-51-48-27-24-21-18-15-12-9-6-3)83-77(80)71-68-65-62-59-56-53-50-47-44-31-29-26-23-20-17-14-11-8-5-2/h9,12,17-18,20-22,25-27,29-30,32,48,54,57,74H,4-8,10-11,13-16,19,23-24,28,31,33-47,49-53,55-56,58-73H2,1-3H3/b12-9-,20-17-,21-18-,25-22-,29-26-,32-30-,48-27-,57-54-. The molecule has 0 amide bonds. The second kappa shape index (κ2) is 70.8. The van der Waals surface area contributed by atoms with Gasteiger partial charge in [0, 0.05) is 19.3 Å². The highest BCUT2D eigenvalue weighted by Crippen LogP contribution is 2.17. The third kappa shape index (κ3) is 69.0. The number of carbonyl (C=O) groups excluding carboxylic acids is 3. The largest absolute Gasteiger partial charge is 0.462 e. The van der Waals surface area contributed by atoms with Gasteiger partial charge in [0.2, 0.25) is 0 Å². The highest BCUT2D eigenvalue weighted by Gasteiger charge is 2.19. The van der Waals surface area contributed by atoms with Crippen molar-refractivity contribution in [2.45, 2.75) is 361 Å². The average Bonchev–Trinajstić information content (AvgIpc) is 3.50. The van der Waals surface area contributed by atoms with Crippen molar-refractivity contribution in [2.24, 2.45) is 0 Å². The molecule has 478 valence electrons. The Labute approximate surface area is 515 Å². The van der Waals surface area contributed by atoms with Crippen LogP contribution in [-0.2, 0) is 28.6 Å². The fourth-order valence-corrected chi connectivity index (χ4v) is 10.2. The molecule has 0 aromatic heterocycles. The van der Waals surface area contributed by atoms with Crippen LogP contribution in [0.3, 0.4) is 0 Å². The smallest absolute Gasteiger partial charge is 0.306 e. The summed E-state index contributed by atoms with van der Waals surface area (Å²) in [4.78, 5) is 38.4. The lowest BCUT2D eigenvalue weighted by atomic mass is 10.0. The topological polar surface area (TPSA) is 78.9 Å². The van der Waals surface area contributed by atoms with E-state index in [1.54, 1.807) is 0 Å². The molecule has 6 heteroatoms. The molecule has 0 aromatic rings. The summed E-state index contributed by atoms with van der Waals surface area (Å²) in [6.45, 7) is 6.49. The van der Waals surface area contributed by atoms with E-state index in [1.165, 1.54) is 218 Å². The Hall–Kier alpha value is -3.67. The van der Waals surface area contributed by atoms with Gasteiger partial charge in [0.25, 0.3) is 0 Å². The van der Waals surface area contributed by atoms with Crippen LogP contribution in [0.15, 0.2) is 97.2 Å². The molecule has 0 aromatic carbocycles. The first kappa shape index (κ1) is 79.3. The van der Waals surface area contributed by atoms with Crippen molar-refractivity contribution < 1.29 is 28.6 Å². The molecule has 0 bridgehead atoms. The molecular formula is C77H134O6. The van der Waals surface area contributed by atoms with E-state index < -0.39 is 6.10 Å². The Balaban J connectivity index is 4.25. The van der Waals surface area contributed by atoms with Crippen molar-refractivity contribution in [1.82, 2.24) is 0 Å². The van der Waals surface area contributed by atoms with Gasteiger partial charge in [0.1, 0.15) is 13.2 Å². The summed E-state index contributed by atoms with van der Waals surface area (Å²) in [5, 5.41) is 0. The van der Waals surface area contributed by atoms with Gasteiger partial charge in [-0.25, -0.2) is 0 Å². The summed E-state index contributed by atoms with van der Waals surface area (Å²) >= 11 is 0. The summed E-state index contributed by atoms with van der Waals surface area (Å²) in [5.41, 5.74) is 0. The molecule has 1 atom stereocenters. The summed E-state index contributed by atoms with van der Waals surface area (Å²) in [6.07, 6.45) is 95.9. The minimum absolute atomic E-state index is 0.0900. The van der Waals surface area contributed by atoms with Crippen LogP contribution in [0.5, 0.6) is 0 Å². The van der Waals surface area contributed by atoms with Crippen LogP contribution in [-0.4, -0.2) is 37.2 Å². The molecule has 0 aliphatic heterocycles. The Morgan fingerprint density at radius 1 is 0.253 bits per heavy atom. The first-order chi connectivity index (χ1) is 41.0. The maximum absolute atomic E-state index is 12.9. The molecule has 0 aliphatic rings. The molecule has 0 radical (unpaired) electrons. The number of esters is 3. The van der Waals surface area contributed by atoms with Crippen molar-refractivity contribution >= 4 is 17.9 Å². The van der Waals surface area contributed by atoms with Crippen LogP contribution >= 0.6 is 0 Å². The Morgan fingerprint density at radius 2 is 0.470 bits per heavy atom. The maximum atomic E-state index is 12.9. The lowest BCUT2D eigenvalue weighted by Gasteiger charge is -2.18. The minimum Gasteiger partial charge on any atom is -0.462 e. The summed E-state index contributed by atoms with van der Waals surface area (Å²) in [7, 11) is 0. The van der Waals surface area contributed by atoms with Crippen LogP contribution < -0.4 is 0 Å². The monoisotopic (exact) mass is 1160 g/mol. The Morgan fingerprint density at radius 3 is 0.783 bits per heavy atom. The first-order valence-corrected chi connectivity index (χ1v) is 35.7. The zero-order chi connectivity index (χ0) is 59.9. The number of hydrogen-bond acceptors (Lipinski definition) is 6. The predicted octanol–water partition coefficient (Wildman–Crippen LogP) is 24.8. The minimum atomic E-state index is -0.798. The number of hydrogen-bond donors (Lipinski definition) is 0. The van der Waals surface area contributed by atoms with Crippen molar-refractivity contribution in [1.29, 1.82) is 0 Å². The van der Waals surface area contributed by atoms with Crippen molar-refractivity contribution in [3.05, 3.63) is 97.2 Å². The number of carbonyl (C=O) groups is 3. The van der Waals surface area contributed by atoms with Crippen molar-refractivity contribution in [3.63, 3.8) is 0 Å². The first-order valence-electron chi connectivity index (χ1n) is 35.7. The van der Waals surface area contributed by atoms with Crippen LogP contribution in [0.4, 0.5) is 0 Å². The van der Waals surface area contributed by atoms with E-state index in [0.29, 0.717) is 19.3 Å². The molecule has 0 spiro atoms. The van der Waals surface area contributed by atoms with Crippen LogP contribution in [0.1, 0.15) is 355 Å². The number of ether oxygens (including phenoxy) is 3. The van der Waals surface area contributed by atoms with E-state index in [2.05, 4.69) is 118 Å². The number of rotatable bonds is 65. The van der Waals surface area contributed by atoms with Gasteiger partial charge in [-0.3, -0.25) is 14.4 Å². The van der Waals surface area contributed by atoms with Crippen LogP contribution in [0, 0.1) is 0 Å². The van der Waals surface area contributed by atoms with Gasteiger partial charge < -0.3 is 14.2 Å². The average molecular weight is 1160 g/mol. The zero-order valence-corrected chi connectivity index (χ0v) is 54.9. The molecule has 0 saturated carbocycles. The van der Waals surface area contributed by atoms with Gasteiger partial charge in [-0.2, -0.15) is 0 Å². The summed E-state index contributed by atoms with van der Waals surface area (Å²) < 4.78 is 16.9. The lowest BCUT2D eigenvalue weighted by molar-refractivity contribution is -0.167. The van der Waals surface area contributed by atoms with Gasteiger partial charge in [0.15, 0.2) is 6.10 Å². The second-order valence-electron chi connectivity index (χ2n) is 23.8. The highest BCUT2D eigenvalue weighted by atomic mass is 16.6. The molecule has 0 aliphatic carbocycles. The van der Waals surface area contributed by atoms with Gasteiger partial charge >= 0.3 is 17.9 Å². The molecule has 83 heavy (non-hydrogen) atoms. The van der Waals surface area contributed by atoms with E-state index >= 15 is 0 Å². The second-order valence-corrected chi connectivity index (χ2v) is 23.8. The molecule has 0 heterocycles. The van der Waals surface area contributed by atoms with Crippen LogP contribution in [0.25, 0.3) is 0 Å². The summed E-state index contributed by atoms with van der Waals surface area (Å²) in [6, 6.07) is 0. The summed E-state index contributed by atoms with van der Waals surface area (Å²) in [5.74, 6) is -0.922. The molecule has 0 saturated heterocycles. The van der Waals surface area contributed by atoms with E-state index in [1.807, 2.05) is 0 Å². The van der Waals surface area contributed by atoms with E-state index in [9.17, 15) is 14.4 Å². The third-order valence-electron chi connectivity index (χ3n) is 15.5. The fourth-order valence-electron chi connectivity index (χ4n) is 10.2. The molecule has 0 rings (SSSR count). The molecular weight excluding hydrogens is 1020 g/mol. The normalized spacial score (nSPS) is 12.7. The predicted molar refractivity (Wildman–Crippen MR) is 362 cm³/mol.